The Hall–Kier alpha value is -2.03. The molecular formula is C12H9BrF3N3O2. The number of nitrogens with zero attached hydrogens (tertiary/aromatic N) is 2. The lowest BCUT2D eigenvalue weighted by molar-refractivity contribution is -0.137. The molecule has 2 aromatic rings. The van der Waals surface area contributed by atoms with Crippen molar-refractivity contribution >= 4 is 27.6 Å². The van der Waals surface area contributed by atoms with E-state index in [1.165, 1.54) is 12.1 Å². The van der Waals surface area contributed by atoms with Gasteiger partial charge in [0.2, 0.25) is 0 Å². The highest BCUT2D eigenvalue weighted by atomic mass is 79.9. The second-order valence-electron chi connectivity index (χ2n) is 4.03. The minimum atomic E-state index is -4.57. The summed E-state index contributed by atoms with van der Waals surface area (Å²) in [7, 11) is 1.13. The zero-order valence-electron chi connectivity index (χ0n) is 10.6. The minimum absolute atomic E-state index is 0.0741. The second-order valence-corrected chi connectivity index (χ2v) is 4.94. The highest BCUT2D eigenvalue weighted by Crippen LogP contribution is 2.35. The fourth-order valence-corrected chi connectivity index (χ4v) is 2.05. The van der Waals surface area contributed by atoms with Crippen molar-refractivity contribution in [2.75, 3.05) is 12.8 Å². The second kappa shape index (κ2) is 5.40. The quantitative estimate of drug-likeness (QED) is 0.832. The molecule has 0 atom stereocenters. The predicted molar refractivity (Wildman–Crippen MR) is 72.0 cm³/mol. The van der Waals surface area contributed by atoms with Crippen molar-refractivity contribution in [1.29, 1.82) is 0 Å². The fourth-order valence-electron chi connectivity index (χ4n) is 1.70. The summed E-state index contributed by atoms with van der Waals surface area (Å²) in [5, 5.41) is 3.76. The van der Waals surface area contributed by atoms with Crippen molar-refractivity contribution in [3.05, 3.63) is 40.1 Å². The van der Waals surface area contributed by atoms with Crippen molar-refractivity contribution < 1.29 is 22.7 Å². The number of nitrogen functional groups attached to an aromatic ring is 1. The number of ether oxygens (including phenoxy) is 1. The molecule has 21 heavy (non-hydrogen) atoms. The smallest absolute Gasteiger partial charge is 0.418 e. The molecule has 0 aliphatic heterocycles. The third-order valence-electron chi connectivity index (χ3n) is 2.63. The van der Waals surface area contributed by atoms with Crippen molar-refractivity contribution in [3.8, 4) is 5.69 Å². The predicted octanol–water partition coefficient (Wildman–Crippen LogP) is 3.02. The van der Waals surface area contributed by atoms with Crippen LogP contribution in [-0.2, 0) is 10.9 Å². The van der Waals surface area contributed by atoms with E-state index in [0.717, 1.165) is 24.1 Å². The molecule has 2 rings (SSSR count). The van der Waals surface area contributed by atoms with Gasteiger partial charge in [0.15, 0.2) is 5.69 Å². The largest absolute Gasteiger partial charge is 0.464 e. The van der Waals surface area contributed by atoms with E-state index in [4.69, 9.17) is 5.73 Å². The van der Waals surface area contributed by atoms with Crippen molar-refractivity contribution in [2.24, 2.45) is 0 Å². The van der Waals surface area contributed by atoms with Crippen LogP contribution in [0.1, 0.15) is 16.1 Å². The van der Waals surface area contributed by atoms with Gasteiger partial charge >= 0.3 is 12.1 Å². The average molecular weight is 364 g/mol. The lowest BCUT2D eigenvalue weighted by Crippen LogP contribution is -2.12. The van der Waals surface area contributed by atoms with Gasteiger partial charge in [-0.25, -0.2) is 9.48 Å². The molecule has 0 spiro atoms. The zero-order chi connectivity index (χ0) is 15.8. The number of anilines is 1. The normalized spacial score (nSPS) is 11.5. The van der Waals surface area contributed by atoms with Crippen LogP contribution in [0.15, 0.2) is 28.9 Å². The Morgan fingerprint density at radius 2 is 2.10 bits per heavy atom. The highest BCUT2D eigenvalue weighted by molar-refractivity contribution is 9.10. The molecule has 1 aromatic heterocycles. The van der Waals surface area contributed by atoms with Gasteiger partial charge in [0, 0.05) is 4.47 Å². The standard InChI is InChI=1S/C12H9BrF3N3O2/c1-21-11(20)10-8(17)5-19(18-10)9-4-6(13)2-3-7(9)12(14,15)16/h2-5H,17H2,1H3. The Labute approximate surface area is 125 Å². The van der Waals surface area contributed by atoms with Crippen LogP contribution in [0.3, 0.4) is 0 Å². The number of esters is 1. The number of methoxy groups -OCH3 is 1. The Bertz CT molecular complexity index is 698. The summed E-state index contributed by atoms with van der Waals surface area (Å²) in [6.45, 7) is 0. The van der Waals surface area contributed by atoms with Crippen molar-refractivity contribution in [2.45, 2.75) is 6.18 Å². The molecule has 0 saturated carbocycles. The number of alkyl halides is 3. The van der Waals surface area contributed by atoms with Gasteiger partial charge in [0.05, 0.1) is 30.2 Å². The molecule has 0 unspecified atom stereocenters. The number of hydrogen-bond acceptors (Lipinski definition) is 4. The highest BCUT2D eigenvalue weighted by Gasteiger charge is 2.34. The number of hydrogen-bond donors (Lipinski definition) is 1. The van der Waals surface area contributed by atoms with E-state index in [1.807, 2.05) is 0 Å². The molecule has 0 saturated heterocycles. The number of carbonyl (C=O) groups excluding carboxylic acids is 1. The van der Waals surface area contributed by atoms with E-state index >= 15 is 0 Å². The summed E-state index contributed by atoms with van der Waals surface area (Å²) in [5.74, 6) is -0.824. The summed E-state index contributed by atoms with van der Waals surface area (Å²) in [4.78, 5) is 11.4. The fraction of sp³-hybridized carbons (Fsp3) is 0.167. The van der Waals surface area contributed by atoms with Crippen LogP contribution in [0, 0.1) is 0 Å². The average Bonchev–Trinajstić information content (AvgIpc) is 2.78. The van der Waals surface area contributed by atoms with Crippen molar-refractivity contribution in [1.82, 2.24) is 9.78 Å². The number of rotatable bonds is 2. The minimum Gasteiger partial charge on any atom is -0.464 e. The number of benzene rings is 1. The van der Waals surface area contributed by atoms with Crippen LogP contribution < -0.4 is 5.73 Å². The van der Waals surface area contributed by atoms with Crippen LogP contribution in [0.25, 0.3) is 5.69 Å². The lowest BCUT2D eigenvalue weighted by atomic mass is 10.1. The van der Waals surface area contributed by atoms with Gasteiger partial charge in [0.25, 0.3) is 0 Å². The summed E-state index contributed by atoms with van der Waals surface area (Å²) in [6, 6.07) is 3.41. The molecule has 2 N–H and O–H groups in total. The maximum Gasteiger partial charge on any atom is 0.418 e. The molecule has 0 aliphatic rings. The third-order valence-corrected chi connectivity index (χ3v) is 3.13. The number of nitrogens with two attached hydrogens (primary N) is 1. The van der Waals surface area contributed by atoms with Gasteiger partial charge in [-0.1, -0.05) is 15.9 Å². The van der Waals surface area contributed by atoms with E-state index < -0.39 is 17.7 Å². The molecule has 5 nitrogen and oxygen atoms in total. The van der Waals surface area contributed by atoms with E-state index in [9.17, 15) is 18.0 Å². The molecule has 0 radical (unpaired) electrons. The SMILES string of the molecule is COC(=O)c1nn(-c2cc(Br)ccc2C(F)(F)F)cc1N. The molecule has 0 fully saturated rings. The van der Waals surface area contributed by atoms with E-state index in [2.05, 4.69) is 25.8 Å². The molecule has 0 bridgehead atoms. The molecule has 1 aromatic carbocycles. The third kappa shape index (κ3) is 3.02. The first kappa shape index (κ1) is 15.4. The van der Waals surface area contributed by atoms with Crippen molar-refractivity contribution in [3.63, 3.8) is 0 Å². The molecular weight excluding hydrogens is 355 g/mol. The van der Waals surface area contributed by atoms with E-state index in [0.29, 0.717) is 4.47 Å². The Balaban J connectivity index is 2.62. The van der Waals surface area contributed by atoms with Crippen LogP contribution in [0.2, 0.25) is 0 Å². The van der Waals surface area contributed by atoms with Crippen LogP contribution in [0.4, 0.5) is 18.9 Å². The molecule has 0 aliphatic carbocycles. The Morgan fingerprint density at radius 3 is 2.67 bits per heavy atom. The Kier molecular flexibility index (Phi) is 3.95. The molecule has 9 heteroatoms. The summed E-state index contributed by atoms with van der Waals surface area (Å²) in [5.41, 5.74) is 4.11. The monoisotopic (exact) mass is 363 g/mol. The van der Waals surface area contributed by atoms with Gasteiger partial charge < -0.3 is 10.5 Å². The maximum atomic E-state index is 13.0. The van der Waals surface area contributed by atoms with Gasteiger partial charge in [-0.2, -0.15) is 18.3 Å². The van der Waals surface area contributed by atoms with Gasteiger partial charge in [-0.3, -0.25) is 0 Å². The first-order chi connectivity index (χ1) is 9.74. The number of halogens is 4. The first-order valence-corrected chi connectivity index (χ1v) is 6.34. The van der Waals surface area contributed by atoms with Gasteiger partial charge in [0.1, 0.15) is 0 Å². The van der Waals surface area contributed by atoms with Crippen LogP contribution in [0.5, 0.6) is 0 Å². The lowest BCUT2D eigenvalue weighted by Gasteiger charge is -2.13. The molecule has 0 amide bonds. The summed E-state index contributed by atoms with van der Waals surface area (Å²) in [6.07, 6.45) is -3.44. The van der Waals surface area contributed by atoms with Crippen LogP contribution in [-0.4, -0.2) is 22.9 Å². The first-order valence-electron chi connectivity index (χ1n) is 5.54. The maximum absolute atomic E-state index is 13.0. The van der Waals surface area contributed by atoms with Crippen LogP contribution >= 0.6 is 15.9 Å². The van der Waals surface area contributed by atoms with Gasteiger partial charge in [-0.05, 0) is 18.2 Å². The Morgan fingerprint density at radius 1 is 1.43 bits per heavy atom. The number of carbonyl (C=O) groups is 1. The van der Waals surface area contributed by atoms with E-state index in [-0.39, 0.29) is 17.1 Å². The number of aromatic nitrogens is 2. The van der Waals surface area contributed by atoms with E-state index in [1.54, 1.807) is 0 Å². The zero-order valence-corrected chi connectivity index (χ0v) is 12.2. The summed E-state index contributed by atoms with van der Waals surface area (Å²) >= 11 is 3.10. The summed E-state index contributed by atoms with van der Waals surface area (Å²) < 4.78 is 44.8. The molecule has 1 heterocycles. The molecule has 112 valence electrons. The van der Waals surface area contributed by atoms with Gasteiger partial charge in [-0.15, -0.1) is 0 Å². The topological polar surface area (TPSA) is 70.1 Å².